The molecule has 1 aromatic carbocycles. The van der Waals surface area contributed by atoms with Gasteiger partial charge in [-0.25, -0.2) is 0 Å². The molecule has 2 aliphatic rings. The Bertz CT molecular complexity index is 791. The van der Waals surface area contributed by atoms with Crippen molar-refractivity contribution in [3.63, 3.8) is 0 Å². The molecule has 0 unspecified atom stereocenters. The molecule has 0 bridgehead atoms. The van der Waals surface area contributed by atoms with E-state index in [1.54, 1.807) is 0 Å². The van der Waals surface area contributed by atoms with Gasteiger partial charge in [-0.1, -0.05) is 12.1 Å². The van der Waals surface area contributed by atoms with Crippen LogP contribution in [0.2, 0.25) is 0 Å². The van der Waals surface area contributed by atoms with Crippen LogP contribution in [0.1, 0.15) is 55.4 Å². The summed E-state index contributed by atoms with van der Waals surface area (Å²) in [4.78, 5) is 0. The first kappa shape index (κ1) is 19.4. The van der Waals surface area contributed by atoms with Crippen LogP contribution in [0.5, 0.6) is 0 Å². The van der Waals surface area contributed by atoms with Crippen LogP contribution in [-0.2, 0) is 18.6 Å². The van der Waals surface area contributed by atoms with Gasteiger partial charge in [0, 0.05) is 16.2 Å². The Labute approximate surface area is 166 Å². The lowest BCUT2D eigenvalue weighted by atomic mass is 9.71. The Morgan fingerprint density at radius 3 is 1.59 bits per heavy atom. The molecule has 4 rings (SSSR count). The molecule has 8 heteroatoms. The molecule has 0 radical (unpaired) electrons. The molecule has 5 nitrogen and oxygen atoms in total. The zero-order valence-corrected chi connectivity index (χ0v) is 18.2. The van der Waals surface area contributed by atoms with Gasteiger partial charge in [-0.2, -0.15) is 4.37 Å². The van der Waals surface area contributed by atoms with Gasteiger partial charge in [0.2, 0.25) is 0 Å². The third-order valence-corrected chi connectivity index (χ3v) is 7.24. The highest BCUT2D eigenvalue weighted by Crippen LogP contribution is 2.38. The fraction of sp³-hybridized carbons (Fsp3) is 0.632. The number of benzene rings is 1. The van der Waals surface area contributed by atoms with E-state index in [0.717, 1.165) is 21.8 Å². The van der Waals surface area contributed by atoms with E-state index in [9.17, 15) is 0 Å². The van der Waals surface area contributed by atoms with E-state index in [1.165, 1.54) is 11.5 Å². The maximum absolute atomic E-state index is 6.25. The average molecular weight is 387 g/mol. The van der Waals surface area contributed by atoms with Gasteiger partial charge in [-0.15, -0.1) is 0 Å². The molecule has 0 saturated carbocycles. The molecule has 2 aliphatic heterocycles. The summed E-state index contributed by atoms with van der Waals surface area (Å²) < 4.78 is 29.6. The maximum Gasteiger partial charge on any atom is 0.497 e. The van der Waals surface area contributed by atoms with E-state index >= 15 is 0 Å². The van der Waals surface area contributed by atoms with Crippen LogP contribution >= 0.6 is 11.5 Å². The minimum atomic E-state index is -0.438. The Hall–Kier alpha value is -0.920. The van der Waals surface area contributed by atoms with E-state index in [2.05, 4.69) is 65.8 Å². The first-order chi connectivity index (χ1) is 12.3. The summed E-state index contributed by atoms with van der Waals surface area (Å²) in [6.45, 7) is 16.5. The zero-order valence-electron chi connectivity index (χ0n) is 17.4. The van der Waals surface area contributed by atoms with Crippen molar-refractivity contribution in [2.45, 2.75) is 77.8 Å². The summed E-state index contributed by atoms with van der Waals surface area (Å²) in [6.07, 6.45) is 0. The molecule has 27 heavy (non-hydrogen) atoms. The Kier molecular flexibility index (Phi) is 4.17. The number of fused-ring (bicyclic) bond motifs is 1. The molecule has 0 atom stereocenters. The summed E-state index contributed by atoms with van der Waals surface area (Å²) in [5.74, 6) is 0. The second-order valence-corrected chi connectivity index (χ2v) is 10.1. The van der Waals surface area contributed by atoms with Gasteiger partial charge in [0.25, 0.3) is 0 Å². The van der Waals surface area contributed by atoms with Crippen molar-refractivity contribution in [2.24, 2.45) is 0 Å². The maximum atomic E-state index is 6.25. The zero-order chi connectivity index (χ0) is 19.8. The summed E-state index contributed by atoms with van der Waals surface area (Å²) in [6, 6.07) is 4.09. The van der Waals surface area contributed by atoms with E-state index < -0.39 is 14.2 Å². The molecule has 0 amide bonds. The number of nitrogens with zero attached hydrogens (tertiary/aromatic N) is 1. The topological polar surface area (TPSA) is 49.8 Å². The molecule has 0 aliphatic carbocycles. The van der Waals surface area contributed by atoms with Crippen LogP contribution in [-0.4, -0.2) is 41.0 Å². The third kappa shape index (κ3) is 2.88. The van der Waals surface area contributed by atoms with Crippen molar-refractivity contribution in [3.8, 4) is 0 Å². The number of rotatable bonds is 2. The molecule has 144 valence electrons. The summed E-state index contributed by atoms with van der Waals surface area (Å²) in [5, 5.41) is 3.08. The van der Waals surface area contributed by atoms with Crippen molar-refractivity contribution >= 4 is 47.6 Å². The molecule has 2 aromatic rings. The average Bonchev–Trinajstić information content (AvgIpc) is 3.13. The summed E-state index contributed by atoms with van der Waals surface area (Å²) >= 11 is 1.43. The first-order valence-electron chi connectivity index (χ1n) is 9.43. The Morgan fingerprint density at radius 1 is 0.704 bits per heavy atom. The quantitative estimate of drug-likeness (QED) is 0.742. The number of hydrogen-bond donors (Lipinski definition) is 0. The first-order valence-corrected chi connectivity index (χ1v) is 10.3. The summed E-state index contributed by atoms with van der Waals surface area (Å²) in [5.41, 5.74) is 1.32. The molecular formula is C19H27B2NO4S. The van der Waals surface area contributed by atoms with Crippen molar-refractivity contribution < 1.29 is 18.6 Å². The van der Waals surface area contributed by atoms with Gasteiger partial charge < -0.3 is 18.6 Å². The Morgan fingerprint density at radius 2 is 1.11 bits per heavy atom. The second kappa shape index (κ2) is 5.80. The number of aromatic nitrogens is 1. The second-order valence-electron chi connectivity index (χ2n) is 9.50. The van der Waals surface area contributed by atoms with Gasteiger partial charge in [-0.3, -0.25) is 0 Å². The highest BCUT2D eigenvalue weighted by molar-refractivity contribution is 7.05. The van der Waals surface area contributed by atoms with Crippen LogP contribution in [0.25, 0.3) is 10.9 Å². The lowest BCUT2D eigenvalue weighted by molar-refractivity contribution is 0.00578. The molecule has 0 spiro atoms. The van der Waals surface area contributed by atoms with E-state index in [0.29, 0.717) is 0 Å². The van der Waals surface area contributed by atoms with E-state index in [-0.39, 0.29) is 22.4 Å². The monoisotopic (exact) mass is 387 g/mol. The van der Waals surface area contributed by atoms with Gasteiger partial charge in [0.15, 0.2) is 0 Å². The predicted molar refractivity (Wildman–Crippen MR) is 111 cm³/mol. The lowest BCUT2D eigenvalue weighted by Crippen LogP contribution is -2.41. The molecule has 1 aromatic heterocycles. The number of hydrogen-bond acceptors (Lipinski definition) is 6. The van der Waals surface area contributed by atoms with Crippen molar-refractivity contribution in [2.75, 3.05) is 0 Å². The van der Waals surface area contributed by atoms with Crippen LogP contribution in [0.15, 0.2) is 17.5 Å². The van der Waals surface area contributed by atoms with Crippen LogP contribution in [0, 0.1) is 0 Å². The standard InChI is InChI=1S/C19H27B2NO4S/c1-16(2)17(3,4)24-20(23-16)13-9-10-14(15-12(13)11-27-22-15)21-25-18(5,6)19(7,8)26-21/h9-11H,1-8H3. The van der Waals surface area contributed by atoms with Crippen molar-refractivity contribution in [3.05, 3.63) is 17.5 Å². The minimum Gasteiger partial charge on any atom is -0.399 e. The van der Waals surface area contributed by atoms with E-state index in [4.69, 9.17) is 18.6 Å². The van der Waals surface area contributed by atoms with Crippen LogP contribution < -0.4 is 10.9 Å². The highest BCUT2D eigenvalue weighted by Gasteiger charge is 2.54. The van der Waals surface area contributed by atoms with Gasteiger partial charge in [-0.05, 0) is 72.4 Å². The molecular weight excluding hydrogens is 360 g/mol. The highest BCUT2D eigenvalue weighted by atomic mass is 32.1. The smallest absolute Gasteiger partial charge is 0.399 e. The third-order valence-electron chi connectivity index (χ3n) is 6.61. The van der Waals surface area contributed by atoms with Gasteiger partial charge >= 0.3 is 14.2 Å². The Balaban J connectivity index is 1.73. The van der Waals surface area contributed by atoms with Crippen molar-refractivity contribution in [1.29, 1.82) is 0 Å². The molecule has 0 N–H and O–H groups in total. The summed E-state index contributed by atoms with van der Waals surface area (Å²) in [7, 11) is -0.854. The molecule has 2 saturated heterocycles. The van der Waals surface area contributed by atoms with Crippen LogP contribution in [0.3, 0.4) is 0 Å². The van der Waals surface area contributed by atoms with E-state index in [1.807, 2.05) is 11.4 Å². The molecule has 3 heterocycles. The van der Waals surface area contributed by atoms with Crippen LogP contribution in [0.4, 0.5) is 0 Å². The SMILES string of the molecule is CC1(C)OB(c2ccc(B3OC(C)(C)C(C)(C)O3)c3nscc23)OC1(C)C. The van der Waals surface area contributed by atoms with Crippen molar-refractivity contribution in [1.82, 2.24) is 4.37 Å². The minimum absolute atomic E-state index is 0.377. The van der Waals surface area contributed by atoms with Gasteiger partial charge in [0.1, 0.15) is 0 Å². The predicted octanol–water partition coefficient (Wildman–Crippen LogP) is 2.89. The largest absolute Gasteiger partial charge is 0.497 e. The lowest BCUT2D eigenvalue weighted by Gasteiger charge is -2.32. The fourth-order valence-corrected chi connectivity index (χ4v) is 4.05. The van der Waals surface area contributed by atoms with Gasteiger partial charge in [0.05, 0.1) is 27.9 Å². The normalized spacial score (nSPS) is 25.5. The fourth-order valence-electron chi connectivity index (χ4n) is 3.33. The molecule has 2 fully saturated rings.